The van der Waals surface area contributed by atoms with Crippen molar-refractivity contribution in [2.45, 2.75) is 82.6 Å². The molecule has 1 fully saturated rings. The predicted molar refractivity (Wildman–Crippen MR) is 230 cm³/mol. The van der Waals surface area contributed by atoms with E-state index in [0.717, 1.165) is 42.4 Å². The van der Waals surface area contributed by atoms with Crippen LogP contribution in [-0.2, 0) is 25.7 Å². The summed E-state index contributed by atoms with van der Waals surface area (Å²) >= 11 is 0. The summed E-state index contributed by atoms with van der Waals surface area (Å²) in [6, 6.07) is 20.6. The van der Waals surface area contributed by atoms with Gasteiger partial charge in [0, 0.05) is 43.7 Å². The summed E-state index contributed by atoms with van der Waals surface area (Å²) in [4.78, 5) is 32.7. The highest BCUT2D eigenvalue weighted by Crippen LogP contribution is 2.62. The number of benzene rings is 3. The summed E-state index contributed by atoms with van der Waals surface area (Å²) < 4.78 is 32.3. The number of nitrogens with zero attached hydrogens (tertiary/aromatic N) is 3. The van der Waals surface area contributed by atoms with Crippen LogP contribution in [0.25, 0.3) is 0 Å². The van der Waals surface area contributed by atoms with Crippen molar-refractivity contribution < 1.29 is 48.5 Å². The fraction of sp³-hybridized carbons (Fsp3) is 0.489. The fourth-order valence-corrected chi connectivity index (χ4v) is 9.27. The number of hydrogen-bond donors (Lipinski definition) is 2. The van der Waals surface area contributed by atoms with E-state index >= 15 is 0 Å². The van der Waals surface area contributed by atoms with E-state index < -0.39 is 28.8 Å². The molecule has 3 aromatic rings. The van der Waals surface area contributed by atoms with Gasteiger partial charge in [-0.05, 0) is 79.3 Å². The molecule has 2 N–H and O–H groups in total. The highest BCUT2D eigenvalue weighted by molar-refractivity contribution is 6.03. The van der Waals surface area contributed by atoms with Gasteiger partial charge in [0.05, 0.1) is 42.4 Å². The van der Waals surface area contributed by atoms with Gasteiger partial charge in [0.25, 0.3) is 5.69 Å². The molecule has 3 aliphatic rings. The number of rotatable bonds is 23. The molecule has 0 bridgehead atoms. The van der Waals surface area contributed by atoms with Crippen LogP contribution >= 0.6 is 0 Å². The summed E-state index contributed by atoms with van der Waals surface area (Å²) in [6.07, 6.45) is 8.63. The van der Waals surface area contributed by atoms with E-state index in [-0.39, 0.29) is 62.9 Å². The average molecular weight is 842 g/mol. The Morgan fingerprint density at radius 3 is 2.51 bits per heavy atom. The molecule has 14 heteroatoms. The molecule has 0 spiro atoms. The van der Waals surface area contributed by atoms with Crippen molar-refractivity contribution in [3.05, 3.63) is 118 Å². The summed E-state index contributed by atoms with van der Waals surface area (Å²) in [5, 5.41) is 36.0. The van der Waals surface area contributed by atoms with Crippen molar-refractivity contribution in [2.24, 2.45) is 22.9 Å². The van der Waals surface area contributed by atoms with E-state index in [9.17, 15) is 25.1 Å². The molecule has 0 unspecified atom stereocenters. The SMILES string of the molecule is C=CCO[C@@]12Oc3ccc(Oc4cccc([N+](=O)[O-])c4)cc3[C@H]3[C@H](CCCCO)[C@@H](CCCCO)C=C(C(=NOC)C[C@@H]1N(CCC)C(=O)OCCOCc1ccccc1)[C@H]32. The summed E-state index contributed by atoms with van der Waals surface area (Å²) in [7, 11) is 1.51. The zero-order valence-corrected chi connectivity index (χ0v) is 35.2. The first kappa shape index (κ1) is 45.3. The number of aliphatic hydroxyl groups is 2. The normalized spacial score (nSPS) is 23.2. The van der Waals surface area contributed by atoms with Gasteiger partial charge in [0.2, 0.25) is 5.79 Å². The van der Waals surface area contributed by atoms with E-state index in [1.807, 2.05) is 49.4 Å². The second kappa shape index (κ2) is 22.0. The zero-order valence-electron chi connectivity index (χ0n) is 35.2. The number of amides is 1. The second-order valence-electron chi connectivity index (χ2n) is 15.7. The van der Waals surface area contributed by atoms with E-state index in [1.165, 1.54) is 19.2 Å². The van der Waals surface area contributed by atoms with Gasteiger partial charge in [-0.1, -0.05) is 73.5 Å². The maximum Gasteiger partial charge on any atom is 0.410 e. The Hall–Kier alpha value is -5.28. The third kappa shape index (κ3) is 10.6. The Bertz CT molecular complexity index is 1990. The van der Waals surface area contributed by atoms with Crippen LogP contribution in [0.3, 0.4) is 0 Å². The summed E-state index contributed by atoms with van der Waals surface area (Å²) in [5.74, 6) is -0.883. The number of carbonyl (C=O) groups excluding carboxylic acids is 1. The van der Waals surface area contributed by atoms with Gasteiger partial charge in [-0.25, -0.2) is 4.79 Å². The number of carbonyl (C=O) groups is 1. The molecule has 6 atom stereocenters. The molecular formula is C47H59N3O11. The Morgan fingerprint density at radius 1 is 1.02 bits per heavy atom. The molecule has 0 radical (unpaired) electrons. The van der Waals surface area contributed by atoms with Gasteiger partial charge in [-0.2, -0.15) is 0 Å². The van der Waals surface area contributed by atoms with Crippen LogP contribution in [0.4, 0.5) is 10.5 Å². The fourth-order valence-electron chi connectivity index (χ4n) is 9.27. The largest absolute Gasteiger partial charge is 0.459 e. The van der Waals surface area contributed by atoms with Crippen LogP contribution in [0.5, 0.6) is 17.2 Å². The number of hydrogen-bond acceptors (Lipinski definition) is 12. The highest BCUT2D eigenvalue weighted by Gasteiger charge is 2.65. The van der Waals surface area contributed by atoms with Crippen LogP contribution in [0, 0.1) is 27.9 Å². The number of fused-ring (bicyclic) bond motifs is 2. The molecule has 61 heavy (non-hydrogen) atoms. The quantitative estimate of drug-likeness (QED) is 0.0405. The number of unbranched alkanes of at least 4 members (excludes halogenated alkanes) is 2. The minimum Gasteiger partial charge on any atom is -0.459 e. The van der Waals surface area contributed by atoms with E-state index in [1.54, 1.807) is 29.2 Å². The molecule has 1 amide bonds. The van der Waals surface area contributed by atoms with Crippen molar-refractivity contribution in [1.82, 2.24) is 4.90 Å². The van der Waals surface area contributed by atoms with Crippen molar-refractivity contribution in [1.29, 1.82) is 0 Å². The Kier molecular flexibility index (Phi) is 16.3. The molecular weight excluding hydrogens is 783 g/mol. The van der Waals surface area contributed by atoms with Crippen molar-refractivity contribution in [2.75, 3.05) is 46.7 Å². The molecule has 0 saturated heterocycles. The maximum atomic E-state index is 14.4. The molecule has 2 aliphatic carbocycles. The lowest BCUT2D eigenvalue weighted by Crippen LogP contribution is -2.70. The average Bonchev–Trinajstić information content (AvgIpc) is 3.27. The summed E-state index contributed by atoms with van der Waals surface area (Å²) in [5.41, 5.74) is 3.35. The molecule has 6 rings (SSSR count). The summed E-state index contributed by atoms with van der Waals surface area (Å²) in [6.45, 7) is 7.20. The Balaban J connectivity index is 1.46. The van der Waals surface area contributed by atoms with Gasteiger partial charge >= 0.3 is 6.09 Å². The number of oxime groups is 1. The highest BCUT2D eigenvalue weighted by atomic mass is 16.7. The molecule has 3 aromatic carbocycles. The molecule has 328 valence electrons. The standard InChI is InChI=1S/C47H59N3O11/c1-4-22-49(46(53)58-27-26-57-32-33-14-7-6-8-15-33)43-31-41(48-56-3)39-28-34(16-9-11-23-51)38(19-10-12-24-52)44-40-30-37(60-36-18-13-17-35(29-36)50(54)55)20-21-42(40)61-47(43,45(39)44)59-25-5-2/h5-8,13-15,17-18,20-21,28-30,34,38,43-45,51-52H,2,4,9-12,16,19,22-27,31-32H2,1,3H3/t34-,38+,43-,44+,45+,47+/m0/s1. The van der Waals surface area contributed by atoms with Crippen LogP contribution in [0.1, 0.15) is 75.3 Å². The lowest BCUT2D eigenvalue weighted by molar-refractivity contribution is -0.384. The minimum absolute atomic E-state index is 0.00250. The van der Waals surface area contributed by atoms with Crippen molar-refractivity contribution in [3.63, 3.8) is 0 Å². The van der Waals surface area contributed by atoms with E-state index in [0.29, 0.717) is 55.4 Å². The smallest absolute Gasteiger partial charge is 0.410 e. The zero-order chi connectivity index (χ0) is 43.2. The maximum absolute atomic E-state index is 14.4. The number of aliphatic hydroxyl groups excluding tert-OH is 2. The van der Waals surface area contributed by atoms with Crippen LogP contribution in [0.15, 0.2) is 102 Å². The van der Waals surface area contributed by atoms with E-state index in [2.05, 4.69) is 17.8 Å². The van der Waals surface area contributed by atoms with Gasteiger partial charge in [-0.3, -0.25) is 15.0 Å². The number of non-ortho nitro benzene ring substituents is 1. The minimum atomic E-state index is -1.45. The molecule has 1 heterocycles. The van der Waals surface area contributed by atoms with Gasteiger partial charge < -0.3 is 38.7 Å². The van der Waals surface area contributed by atoms with E-state index in [4.69, 9.17) is 28.5 Å². The van der Waals surface area contributed by atoms with Crippen molar-refractivity contribution in [3.8, 4) is 17.2 Å². The Morgan fingerprint density at radius 2 is 1.79 bits per heavy atom. The molecule has 0 aromatic heterocycles. The van der Waals surface area contributed by atoms with Crippen LogP contribution in [0.2, 0.25) is 0 Å². The lowest BCUT2D eigenvalue weighted by Gasteiger charge is -2.59. The number of allylic oxidation sites excluding steroid dienone is 1. The number of nitro groups is 1. The second-order valence-corrected chi connectivity index (χ2v) is 15.7. The number of ether oxygens (including phenoxy) is 5. The first-order valence-corrected chi connectivity index (χ1v) is 21.4. The number of nitro benzene ring substituents is 1. The van der Waals surface area contributed by atoms with Gasteiger partial charge in [-0.15, -0.1) is 6.58 Å². The third-order valence-electron chi connectivity index (χ3n) is 11.8. The lowest BCUT2D eigenvalue weighted by atomic mass is 9.55. The van der Waals surface area contributed by atoms with Gasteiger partial charge in [0.15, 0.2) is 0 Å². The van der Waals surface area contributed by atoms with Crippen molar-refractivity contribution >= 4 is 17.5 Å². The Labute approximate surface area is 357 Å². The van der Waals surface area contributed by atoms with Gasteiger partial charge in [0.1, 0.15) is 37.0 Å². The molecule has 1 saturated carbocycles. The monoisotopic (exact) mass is 841 g/mol. The first-order chi connectivity index (χ1) is 29.8. The van der Waals surface area contributed by atoms with Crippen LogP contribution in [-0.4, -0.2) is 90.4 Å². The molecule has 14 nitrogen and oxygen atoms in total. The topological polar surface area (TPSA) is 172 Å². The first-order valence-electron chi connectivity index (χ1n) is 21.4. The van der Waals surface area contributed by atoms with Crippen LogP contribution < -0.4 is 9.47 Å². The third-order valence-corrected chi connectivity index (χ3v) is 11.8. The predicted octanol–water partition coefficient (Wildman–Crippen LogP) is 8.72. The molecule has 1 aliphatic heterocycles.